The fourth-order valence-corrected chi connectivity index (χ4v) is 8.93. The summed E-state index contributed by atoms with van der Waals surface area (Å²) < 4.78 is 4.60. The third-order valence-corrected chi connectivity index (χ3v) is 11.4. The van der Waals surface area contributed by atoms with Gasteiger partial charge in [-0.25, -0.2) is 15.0 Å². The molecule has 0 radical (unpaired) electrons. The monoisotopic (exact) mass is 713 g/mol. The van der Waals surface area contributed by atoms with E-state index in [9.17, 15) is 0 Å². The van der Waals surface area contributed by atoms with Crippen LogP contribution in [0, 0.1) is 0 Å². The van der Waals surface area contributed by atoms with Gasteiger partial charge in [-0.15, -0.1) is 0 Å². The van der Waals surface area contributed by atoms with E-state index in [1.165, 1.54) is 43.4 Å². The Bertz CT molecular complexity index is 3410. The molecule has 3 heterocycles. The van der Waals surface area contributed by atoms with Crippen molar-refractivity contribution in [2.24, 2.45) is 0 Å². The largest absolute Gasteiger partial charge is 0.309 e. The summed E-state index contributed by atoms with van der Waals surface area (Å²) in [7, 11) is 0. The van der Waals surface area contributed by atoms with Gasteiger partial charge in [-0.1, -0.05) is 133 Å². The van der Waals surface area contributed by atoms with Gasteiger partial charge >= 0.3 is 0 Å². The van der Waals surface area contributed by atoms with E-state index in [0.717, 1.165) is 60.9 Å². The zero-order chi connectivity index (χ0) is 36.7. The lowest BCUT2D eigenvalue weighted by Gasteiger charge is -2.14. The first-order valence-corrected chi connectivity index (χ1v) is 18.9. The smallest absolute Gasteiger partial charge is 0.160 e. The Morgan fingerprint density at radius 2 is 0.857 bits per heavy atom. The van der Waals surface area contributed by atoms with Crippen LogP contribution in [0.2, 0.25) is 0 Å². The summed E-state index contributed by atoms with van der Waals surface area (Å²) >= 11 is 0. The molecule has 0 amide bonds. The minimum Gasteiger partial charge on any atom is -0.309 e. The topological polar surface area (TPSA) is 48.5 Å². The molecule has 0 aliphatic rings. The fourth-order valence-electron chi connectivity index (χ4n) is 8.93. The maximum Gasteiger partial charge on any atom is 0.160 e. The van der Waals surface area contributed by atoms with Gasteiger partial charge in [0, 0.05) is 38.4 Å². The summed E-state index contributed by atoms with van der Waals surface area (Å²) in [5.41, 5.74) is 8.34. The van der Waals surface area contributed by atoms with Gasteiger partial charge in [0.25, 0.3) is 0 Å². The van der Waals surface area contributed by atoms with Crippen LogP contribution in [0.3, 0.4) is 0 Å². The molecule has 0 saturated carbocycles. The van der Waals surface area contributed by atoms with E-state index in [4.69, 9.17) is 15.0 Å². The van der Waals surface area contributed by atoms with Gasteiger partial charge in [0.05, 0.1) is 40.1 Å². The number of imidazole rings is 1. The van der Waals surface area contributed by atoms with E-state index < -0.39 is 0 Å². The number of fused-ring (bicyclic) bond motifs is 11. The van der Waals surface area contributed by atoms with Crippen molar-refractivity contribution in [1.29, 1.82) is 0 Å². The maximum atomic E-state index is 5.49. The molecule has 0 atom stereocenters. The number of aromatic nitrogens is 5. The SMILES string of the molecule is c1ccc2c(-c3ncc(-n4c(-c5ccc(-n6c7ccccc7c7ccccc76)cc5)nc5c6ccccc6c6ccccc6c54)cn3)c3ccccc3cc2c1. The molecule has 0 unspecified atom stereocenters. The molecule has 12 aromatic rings. The lowest BCUT2D eigenvalue weighted by molar-refractivity contribution is 1.05. The Balaban J connectivity index is 1.09. The molecule has 9 aromatic carbocycles. The Morgan fingerprint density at radius 1 is 0.375 bits per heavy atom. The molecule has 260 valence electrons. The number of nitrogens with zero attached hydrogens (tertiary/aromatic N) is 5. The quantitative estimate of drug-likeness (QED) is 0.135. The van der Waals surface area contributed by atoms with Crippen LogP contribution in [-0.4, -0.2) is 24.1 Å². The number of hydrogen-bond acceptors (Lipinski definition) is 3. The minimum atomic E-state index is 0.693. The molecule has 0 fully saturated rings. The second kappa shape index (κ2) is 11.9. The third kappa shape index (κ3) is 4.46. The number of para-hydroxylation sites is 2. The second-order valence-corrected chi connectivity index (χ2v) is 14.4. The van der Waals surface area contributed by atoms with Crippen LogP contribution in [0.15, 0.2) is 188 Å². The van der Waals surface area contributed by atoms with E-state index in [0.29, 0.717) is 5.82 Å². The zero-order valence-electron chi connectivity index (χ0n) is 30.1. The normalized spacial score (nSPS) is 11.9. The van der Waals surface area contributed by atoms with Crippen molar-refractivity contribution in [3.8, 4) is 34.2 Å². The molecule has 0 spiro atoms. The van der Waals surface area contributed by atoms with Crippen LogP contribution >= 0.6 is 0 Å². The molecular weight excluding hydrogens is 683 g/mol. The molecule has 0 saturated heterocycles. The van der Waals surface area contributed by atoms with Crippen molar-refractivity contribution < 1.29 is 0 Å². The highest BCUT2D eigenvalue weighted by Crippen LogP contribution is 2.40. The van der Waals surface area contributed by atoms with Crippen LogP contribution in [0.4, 0.5) is 0 Å². The summed E-state index contributed by atoms with van der Waals surface area (Å²) in [5.74, 6) is 1.53. The van der Waals surface area contributed by atoms with Gasteiger partial charge in [0.1, 0.15) is 5.82 Å². The molecule has 5 heteroatoms. The number of hydrogen-bond donors (Lipinski definition) is 0. The van der Waals surface area contributed by atoms with Crippen LogP contribution in [-0.2, 0) is 0 Å². The van der Waals surface area contributed by atoms with E-state index in [2.05, 4.69) is 185 Å². The average Bonchev–Trinajstić information content (AvgIpc) is 3.83. The van der Waals surface area contributed by atoms with Gasteiger partial charge < -0.3 is 4.57 Å². The molecule has 56 heavy (non-hydrogen) atoms. The van der Waals surface area contributed by atoms with Crippen molar-refractivity contribution in [3.63, 3.8) is 0 Å². The highest BCUT2D eigenvalue weighted by molar-refractivity contribution is 6.24. The zero-order valence-corrected chi connectivity index (χ0v) is 30.1. The highest BCUT2D eigenvalue weighted by atomic mass is 15.1. The van der Waals surface area contributed by atoms with Crippen molar-refractivity contribution in [2.75, 3.05) is 0 Å². The lowest BCUT2D eigenvalue weighted by atomic mass is 9.96. The highest BCUT2D eigenvalue weighted by Gasteiger charge is 2.22. The Hall–Kier alpha value is -7.63. The third-order valence-electron chi connectivity index (χ3n) is 11.4. The summed E-state index contributed by atoms with van der Waals surface area (Å²) in [6.45, 7) is 0. The van der Waals surface area contributed by atoms with E-state index in [1.54, 1.807) is 0 Å². The average molecular weight is 714 g/mol. The second-order valence-electron chi connectivity index (χ2n) is 14.4. The first-order valence-electron chi connectivity index (χ1n) is 18.9. The first kappa shape index (κ1) is 30.8. The molecule has 12 rings (SSSR count). The Kier molecular flexibility index (Phi) is 6.56. The molecule has 0 bridgehead atoms. The Labute approximate surface area is 321 Å². The number of rotatable bonds is 4. The van der Waals surface area contributed by atoms with Gasteiger partial charge in [0.2, 0.25) is 0 Å². The summed E-state index contributed by atoms with van der Waals surface area (Å²) in [5, 5.41) is 11.7. The maximum absolute atomic E-state index is 5.49. The molecule has 0 N–H and O–H groups in total. The van der Waals surface area contributed by atoms with Crippen molar-refractivity contribution in [3.05, 3.63) is 188 Å². The van der Waals surface area contributed by atoms with Gasteiger partial charge in [-0.2, -0.15) is 0 Å². The number of benzene rings is 9. The first-order chi connectivity index (χ1) is 27.8. The standard InChI is InChI=1S/C51H31N5/c1-3-15-37-33(13-1)29-34-14-2-4-16-38(34)47(37)50-52-30-36(31-53-50)56-49-44-22-8-6-18-40(44)39-17-5-7-21-43(39)48(49)54-51(56)32-25-27-35(28-26-32)55-45-23-11-9-19-41(45)42-20-10-12-24-46(42)55/h1-31H. The molecule has 0 aliphatic carbocycles. The molecule has 0 aliphatic heterocycles. The molecular formula is C51H31N5. The predicted molar refractivity (Wildman–Crippen MR) is 232 cm³/mol. The predicted octanol–water partition coefficient (Wildman–Crippen LogP) is 12.9. The molecule has 5 nitrogen and oxygen atoms in total. The summed E-state index contributed by atoms with van der Waals surface area (Å²) in [6, 6.07) is 62.5. The van der Waals surface area contributed by atoms with E-state index >= 15 is 0 Å². The van der Waals surface area contributed by atoms with Crippen LogP contribution in [0.5, 0.6) is 0 Å². The fraction of sp³-hybridized carbons (Fsp3) is 0. The van der Waals surface area contributed by atoms with Crippen molar-refractivity contribution >= 4 is 75.9 Å². The van der Waals surface area contributed by atoms with Crippen LogP contribution in [0.1, 0.15) is 0 Å². The lowest BCUT2D eigenvalue weighted by Crippen LogP contribution is -2.02. The van der Waals surface area contributed by atoms with Crippen molar-refractivity contribution in [2.45, 2.75) is 0 Å². The van der Waals surface area contributed by atoms with Crippen molar-refractivity contribution in [1.82, 2.24) is 24.1 Å². The van der Waals surface area contributed by atoms with E-state index in [1.807, 2.05) is 12.4 Å². The molecule has 3 aromatic heterocycles. The summed E-state index contributed by atoms with van der Waals surface area (Å²) in [4.78, 5) is 15.8. The van der Waals surface area contributed by atoms with Crippen LogP contribution in [0.25, 0.3) is 110 Å². The van der Waals surface area contributed by atoms with Crippen LogP contribution < -0.4 is 0 Å². The van der Waals surface area contributed by atoms with Gasteiger partial charge in [-0.05, 0) is 74.8 Å². The minimum absolute atomic E-state index is 0.693. The van der Waals surface area contributed by atoms with Gasteiger partial charge in [0.15, 0.2) is 5.82 Å². The van der Waals surface area contributed by atoms with Gasteiger partial charge in [-0.3, -0.25) is 4.57 Å². The summed E-state index contributed by atoms with van der Waals surface area (Å²) in [6.07, 6.45) is 3.92. The Morgan fingerprint density at radius 3 is 1.46 bits per heavy atom. The van der Waals surface area contributed by atoms with E-state index in [-0.39, 0.29) is 0 Å².